The van der Waals surface area contributed by atoms with Crippen LogP contribution >= 0.6 is 11.6 Å². The lowest BCUT2D eigenvalue weighted by Crippen LogP contribution is -2.10. The average molecular weight is 363 g/mol. The predicted molar refractivity (Wildman–Crippen MR) is 101 cm³/mol. The summed E-state index contributed by atoms with van der Waals surface area (Å²) in [5.74, 6) is 0.970. The maximum absolute atomic E-state index is 11.2. The van der Waals surface area contributed by atoms with Gasteiger partial charge in [0.1, 0.15) is 5.82 Å². The quantitative estimate of drug-likeness (QED) is 0.450. The molecular weight excluding hydrogens is 336 g/mol. The van der Waals surface area contributed by atoms with Gasteiger partial charge in [-0.2, -0.15) is 0 Å². The molecule has 25 heavy (non-hydrogen) atoms. The molecule has 0 radical (unpaired) electrons. The van der Waals surface area contributed by atoms with Gasteiger partial charge in [0.15, 0.2) is 0 Å². The number of hydrogen-bond donors (Lipinski definition) is 0. The number of imidazole rings is 1. The molecule has 0 bridgehead atoms. The van der Waals surface area contributed by atoms with Crippen LogP contribution in [0.15, 0.2) is 30.5 Å². The van der Waals surface area contributed by atoms with Crippen LogP contribution in [-0.4, -0.2) is 22.6 Å². The van der Waals surface area contributed by atoms with E-state index in [4.69, 9.17) is 16.3 Å². The maximum Gasteiger partial charge on any atom is 0.305 e. The second-order valence-corrected chi connectivity index (χ2v) is 6.64. The molecule has 1 heterocycles. The fourth-order valence-electron chi connectivity index (χ4n) is 2.86. The Hall–Kier alpha value is -1.81. The first-order valence-corrected chi connectivity index (χ1v) is 9.37. The first-order valence-electron chi connectivity index (χ1n) is 8.99. The van der Waals surface area contributed by atoms with Crippen molar-refractivity contribution in [2.45, 2.75) is 58.4 Å². The van der Waals surface area contributed by atoms with Crippen molar-refractivity contribution in [2.75, 3.05) is 7.11 Å². The molecule has 5 heteroatoms. The van der Waals surface area contributed by atoms with Gasteiger partial charge in [-0.05, 0) is 37.3 Å². The summed E-state index contributed by atoms with van der Waals surface area (Å²) in [6, 6.07) is 7.95. The SMILES string of the molecule is CCCCc1ncc(CCCCC(=O)OC)n1Cc1ccccc1Cl. The highest BCUT2D eigenvalue weighted by Gasteiger charge is 2.12. The van der Waals surface area contributed by atoms with Crippen LogP contribution in [0, 0.1) is 0 Å². The van der Waals surface area contributed by atoms with E-state index in [9.17, 15) is 4.79 Å². The van der Waals surface area contributed by atoms with Gasteiger partial charge < -0.3 is 9.30 Å². The van der Waals surface area contributed by atoms with Gasteiger partial charge in [-0.3, -0.25) is 4.79 Å². The number of esters is 1. The first-order chi connectivity index (χ1) is 12.2. The number of aromatic nitrogens is 2. The molecule has 0 saturated carbocycles. The van der Waals surface area contributed by atoms with Crippen LogP contribution in [0.3, 0.4) is 0 Å². The van der Waals surface area contributed by atoms with E-state index in [1.165, 1.54) is 12.8 Å². The number of ether oxygens (including phenoxy) is 1. The van der Waals surface area contributed by atoms with Gasteiger partial charge in [0, 0.05) is 29.8 Å². The summed E-state index contributed by atoms with van der Waals surface area (Å²) in [7, 11) is 1.43. The normalized spacial score (nSPS) is 10.8. The lowest BCUT2D eigenvalue weighted by atomic mass is 10.1. The number of unbranched alkanes of at least 4 members (excludes halogenated alkanes) is 2. The second kappa shape index (κ2) is 10.2. The fourth-order valence-corrected chi connectivity index (χ4v) is 3.05. The molecule has 0 N–H and O–H groups in total. The molecule has 2 aromatic rings. The molecule has 0 amide bonds. The molecular formula is C20H27ClN2O2. The fraction of sp³-hybridized carbons (Fsp3) is 0.500. The Kier molecular flexibility index (Phi) is 7.99. The zero-order valence-electron chi connectivity index (χ0n) is 15.1. The van der Waals surface area contributed by atoms with Crippen molar-refractivity contribution < 1.29 is 9.53 Å². The standard InChI is InChI=1S/C20H27ClN2O2/c1-3-4-12-19-22-14-17(10-6-8-13-20(24)25-2)23(19)15-16-9-5-7-11-18(16)21/h5,7,9,11,14H,3-4,6,8,10,12-13,15H2,1-2H3. The minimum atomic E-state index is -0.145. The van der Waals surface area contributed by atoms with Crippen molar-refractivity contribution >= 4 is 17.6 Å². The molecule has 1 aromatic carbocycles. The largest absolute Gasteiger partial charge is 0.469 e. The monoisotopic (exact) mass is 362 g/mol. The molecule has 0 aliphatic carbocycles. The van der Waals surface area contributed by atoms with Crippen molar-refractivity contribution in [3.05, 3.63) is 52.6 Å². The molecule has 0 unspecified atom stereocenters. The van der Waals surface area contributed by atoms with Crippen molar-refractivity contribution in [3.63, 3.8) is 0 Å². The number of nitrogens with zero attached hydrogens (tertiary/aromatic N) is 2. The van der Waals surface area contributed by atoms with E-state index in [0.29, 0.717) is 6.42 Å². The highest BCUT2D eigenvalue weighted by molar-refractivity contribution is 6.31. The van der Waals surface area contributed by atoms with Crippen LogP contribution in [0.2, 0.25) is 5.02 Å². The highest BCUT2D eigenvalue weighted by atomic mass is 35.5. The van der Waals surface area contributed by atoms with E-state index in [1.807, 2.05) is 24.4 Å². The van der Waals surface area contributed by atoms with Crippen molar-refractivity contribution in [2.24, 2.45) is 0 Å². The van der Waals surface area contributed by atoms with Gasteiger partial charge in [-0.15, -0.1) is 0 Å². The van der Waals surface area contributed by atoms with E-state index in [1.54, 1.807) is 0 Å². The van der Waals surface area contributed by atoms with Crippen LogP contribution in [0.4, 0.5) is 0 Å². The summed E-state index contributed by atoms with van der Waals surface area (Å²) in [6.45, 7) is 2.93. The maximum atomic E-state index is 11.2. The molecule has 4 nitrogen and oxygen atoms in total. The molecule has 0 saturated heterocycles. The van der Waals surface area contributed by atoms with Gasteiger partial charge in [0.05, 0.1) is 13.7 Å². The zero-order valence-corrected chi connectivity index (χ0v) is 15.9. The molecule has 0 aliphatic rings. The molecule has 0 atom stereocenters. The Morgan fingerprint density at radius 1 is 1.20 bits per heavy atom. The number of methoxy groups -OCH3 is 1. The molecule has 0 fully saturated rings. The minimum Gasteiger partial charge on any atom is -0.469 e. The van der Waals surface area contributed by atoms with E-state index >= 15 is 0 Å². The average Bonchev–Trinajstić information content (AvgIpc) is 3.00. The summed E-state index contributed by atoms with van der Waals surface area (Å²) < 4.78 is 6.98. The molecule has 1 aromatic heterocycles. The van der Waals surface area contributed by atoms with Gasteiger partial charge in [-0.25, -0.2) is 4.98 Å². The van der Waals surface area contributed by atoms with E-state index < -0.39 is 0 Å². The van der Waals surface area contributed by atoms with Crippen LogP contribution in [0.25, 0.3) is 0 Å². The topological polar surface area (TPSA) is 44.1 Å². The predicted octanol–water partition coefficient (Wildman–Crippen LogP) is 4.81. The Morgan fingerprint density at radius 2 is 2.00 bits per heavy atom. The zero-order chi connectivity index (χ0) is 18.1. The Balaban J connectivity index is 2.09. The van der Waals surface area contributed by atoms with Crippen molar-refractivity contribution in [1.82, 2.24) is 9.55 Å². The van der Waals surface area contributed by atoms with Gasteiger partial charge >= 0.3 is 5.97 Å². The van der Waals surface area contributed by atoms with Crippen LogP contribution in [-0.2, 0) is 28.9 Å². The minimum absolute atomic E-state index is 0.145. The number of carbonyl (C=O) groups is 1. The number of rotatable bonds is 10. The second-order valence-electron chi connectivity index (χ2n) is 6.23. The van der Waals surface area contributed by atoms with Crippen LogP contribution in [0.5, 0.6) is 0 Å². The lowest BCUT2D eigenvalue weighted by molar-refractivity contribution is -0.140. The summed E-state index contributed by atoms with van der Waals surface area (Å²) in [4.78, 5) is 15.9. The Bertz CT molecular complexity index is 682. The Morgan fingerprint density at radius 3 is 2.72 bits per heavy atom. The number of benzene rings is 1. The molecule has 0 spiro atoms. The van der Waals surface area contributed by atoms with Gasteiger partial charge in [0.2, 0.25) is 0 Å². The summed E-state index contributed by atoms with van der Waals surface area (Å²) in [6.07, 6.45) is 8.36. The van der Waals surface area contributed by atoms with Crippen molar-refractivity contribution in [1.29, 1.82) is 0 Å². The summed E-state index contributed by atoms with van der Waals surface area (Å²) >= 11 is 6.34. The third-order valence-electron chi connectivity index (χ3n) is 4.35. The smallest absolute Gasteiger partial charge is 0.305 e. The lowest BCUT2D eigenvalue weighted by Gasteiger charge is -2.13. The van der Waals surface area contributed by atoms with E-state index in [0.717, 1.165) is 61.5 Å². The third-order valence-corrected chi connectivity index (χ3v) is 4.72. The third kappa shape index (κ3) is 5.89. The Labute approximate surface area is 155 Å². The highest BCUT2D eigenvalue weighted by Crippen LogP contribution is 2.20. The summed E-state index contributed by atoms with van der Waals surface area (Å²) in [5, 5.41) is 0.786. The van der Waals surface area contributed by atoms with Crippen molar-refractivity contribution in [3.8, 4) is 0 Å². The molecule has 2 rings (SSSR count). The van der Waals surface area contributed by atoms with E-state index in [2.05, 4.69) is 22.5 Å². The number of hydrogen-bond acceptors (Lipinski definition) is 3. The van der Waals surface area contributed by atoms with Gasteiger partial charge in [0.25, 0.3) is 0 Å². The van der Waals surface area contributed by atoms with E-state index in [-0.39, 0.29) is 5.97 Å². The number of aryl methyl sites for hydroxylation is 2. The van der Waals surface area contributed by atoms with Crippen LogP contribution < -0.4 is 0 Å². The van der Waals surface area contributed by atoms with Gasteiger partial charge in [-0.1, -0.05) is 43.1 Å². The molecule has 0 aliphatic heterocycles. The summed E-state index contributed by atoms with van der Waals surface area (Å²) in [5.41, 5.74) is 2.31. The van der Waals surface area contributed by atoms with Crippen LogP contribution in [0.1, 0.15) is 56.1 Å². The number of halogens is 1. The first kappa shape index (κ1) is 19.5. The molecule has 136 valence electrons. The number of carbonyl (C=O) groups excluding carboxylic acids is 1.